The second-order valence-corrected chi connectivity index (χ2v) is 12.3. The van der Waals surface area contributed by atoms with Crippen LogP contribution >= 0.6 is 11.6 Å². The predicted octanol–water partition coefficient (Wildman–Crippen LogP) is 6.23. The van der Waals surface area contributed by atoms with Gasteiger partial charge in [-0.05, 0) is 62.8 Å². The van der Waals surface area contributed by atoms with Crippen molar-refractivity contribution in [1.29, 1.82) is 0 Å². The molecule has 0 bridgehead atoms. The number of hydrogen-bond acceptors (Lipinski definition) is 5. The van der Waals surface area contributed by atoms with Crippen LogP contribution in [-0.2, 0) is 17.4 Å². The molecule has 1 atom stereocenters. The van der Waals surface area contributed by atoms with Gasteiger partial charge >= 0.3 is 12.1 Å². The van der Waals surface area contributed by atoms with E-state index in [4.69, 9.17) is 11.6 Å². The van der Waals surface area contributed by atoms with E-state index >= 15 is 0 Å². The lowest BCUT2D eigenvalue weighted by atomic mass is 9.66. The van der Waals surface area contributed by atoms with Crippen molar-refractivity contribution in [2.45, 2.75) is 90.9 Å². The number of aliphatic carboxylic acids is 1. The van der Waals surface area contributed by atoms with E-state index in [1.807, 2.05) is 20.8 Å². The van der Waals surface area contributed by atoms with Crippen LogP contribution in [0.15, 0.2) is 18.6 Å². The van der Waals surface area contributed by atoms with Crippen molar-refractivity contribution in [2.24, 2.45) is 10.8 Å². The highest BCUT2D eigenvalue weighted by Gasteiger charge is 2.49. The Hall–Kier alpha value is -2.95. The number of hydrogen-bond donors (Lipinski definition) is 1. The van der Waals surface area contributed by atoms with Crippen molar-refractivity contribution < 1.29 is 32.7 Å². The maximum atomic E-state index is 14.5. The Morgan fingerprint density at radius 2 is 1.75 bits per heavy atom. The summed E-state index contributed by atoms with van der Waals surface area (Å²) in [6.07, 6.45) is 1.38. The molecule has 0 spiro atoms. The highest BCUT2D eigenvalue weighted by Crippen LogP contribution is 2.46. The van der Waals surface area contributed by atoms with Crippen LogP contribution in [0.4, 0.5) is 13.2 Å². The molecule has 2 aromatic heterocycles. The van der Waals surface area contributed by atoms with Gasteiger partial charge in [0.1, 0.15) is 0 Å². The normalized spacial score (nSPS) is 24.3. The number of carboxylic acids is 1. The van der Waals surface area contributed by atoms with Crippen LogP contribution in [0, 0.1) is 10.8 Å². The lowest BCUT2D eigenvalue weighted by Crippen LogP contribution is -2.56. The molecule has 2 aliphatic rings. The molecule has 1 amide bonds. The quantitative estimate of drug-likeness (QED) is 0.370. The van der Waals surface area contributed by atoms with Crippen molar-refractivity contribution >= 4 is 29.3 Å². The van der Waals surface area contributed by atoms with E-state index in [2.05, 4.69) is 10.1 Å². The third-order valence-corrected chi connectivity index (χ3v) is 9.05. The zero-order valence-corrected chi connectivity index (χ0v) is 23.8. The molecule has 0 radical (unpaired) electrons. The minimum Gasteiger partial charge on any atom is -0.481 e. The summed E-state index contributed by atoms with van der Waals surface area (Å²) in [5.74, 6) is -2.37. The first kappa shape index (κ1) is 30.0. The Labute approximate surface area is 235 Å². The average Bonchev–Trinajstić information content (AvgIpc) is 3.33. The van der Waals surface area contributed by atoms with E-state index in [1.54, 1.807) is 6.92 Å². The summed E-state index contributed by atoms with van der Waals surface area (Å²) in [5, 5.41) is 13.6. The molecular formula is C28H34ClF3N4O4. The first-order chi connectivity index (χ1) is 18.6. The number of carboxylic acid groups (broad SMARTS) is 1. The Bertz CT molecular complexity index is 1320. The summed E-state index contributed by atoms with van der Waals surface area (Å²) >= 11 is 6.29. The van der Waals surface area contributed by atoms with Crippen LogP contribution in [-0.4, -0.2) is 55.0 Å². The summed E-state index contributed by atoms with van der Waals surface area (Å²) in [5.41, 5.74) is -2.40. The van der Waals surface area contributed by atoms with Crippen molar-refractivity contribution in [1.82, 2.24) is 19.7 Å². The smallest absolute Gasteiger partial charge is 0.433 e. The molecular weight excluding hydrogens is 549 g/mol. The first-order valence-corrected chi connectivity index (χ1v) is 13.8. The number of carbonyl (C=O) groups excluding carboxylic acids is 2. The molecule has 0 aromatic carbocycles. The van der Waals surface area contributed by atoms with E-state index in [-0.39, 0.29) is 36.3 Å². The Balaban J connectivity index is 1.71. The lowest BCUT2D eigenvalue weighted by molar-refractivity contribution is -0.152. The van der Waals surface area contributed by atoms with Crippen LogP contribution in [0.3, 0.4) is 0 Å². The van der Waals surface area contributed by atoms with Crippen LogP contribution < -0.4 is 0 Å². The van der Waals surface area contributed by atoms with E-state index in [0.29, 0.717) is 18.4 Å². The van der Waals surface area contributed by atoms with Gasteiger partial charge < -0.3 is 10.0 Å². The predicted molar refractivity (Wildman–Crippen MR) is 141 cm³/mol. The molecule has 40 heavy (non-hydrogen) atoms. The fourth-order valence-electron chi connectivity index (χ4n) is 5.97. The van der Waals surface area contributed by atoms with Crippen LogP contribution in [0.1, 0.15) is 104 Å². The molecule has 1 N–H and O–H groups in total. The fourth-order valence-corrected chi connectivity index (χ4v) is 6.26. The molecule has 1 unspecified atom stereocenters. The van der Waals surface area contributed by atoms with Crippen molar-refractivity contribution in [3.63, 3.8) is 0 Å². The third-order valence-electron chi connectivity index (χ3n) is 8.77. The molecule has 0 saturated heterocycles. The Morgan fingerprint density at radius 3 is 2.25 bits per heavy atom. The monoisotopic (exact) mass is 582 g/mol. The summed E-state index contributed by atoms with van der Waals surface area (Å²) in [7, 11) is 0. The Morgan fingerprint density at radius 1 is 1.10 bits per heavy atom. The van der Waals surface area contributed by atoms with Crippen molar-refractivity contribution in [3.05, 3.63) is 46.0 Å². The minimum absolute atomic E-state index is 0.124. The maximum absolute atomic E-state index is 14.5. The summed E-state index contributed by atoms with van der Waals surface area (Å²) < 4.78 is 44.4. The van der Waals surface area contributed by atoms with Gasteiger partial charge in [0.05, 0.1) is 34.8 Å². The van der Waals surface area contributed by atoms with Gasteiger partial charge in [-0.2, -0.15) is 18.3 Å². The molecule has 12 heteroatoms. The van der Waals surface area contributed by atoms with Crippen LogP contribution in [0.2, 0.25) is 5.02 Å². The number of rotatable bonds is 8. The van der Waals surface area contributed by atoms with Gasteiger partial charge in [-0.25, -0.2) is 0 Å². The highest BCUT2D eigenvalue weighted by molar-refractivity contribution is 6.34. The molecule has 2 aliphatic carbocycles. The molecule has 2 fully saturated rings. The molecule has 218 valence electrons. The topological polar surface area (TPSA) is 105 Å². The van der Waals surface area contributed by atoms with E-state index in [9.17, 15) is 32.7 Å². The Kier molecular flexibility index (Phi) is 8.10. The second-order valence-electron chi connectivity index (χ2n) is 11.9. The number of aryl methyl sites for hydroxylation is 1. The number of amides is 1. The second kappa shape index (κ2) is 10.8. The average molecular weight is 583 g/mol. The van der Waals surface area contributed by atoms with Gasteiger partial charge in [0, 0.05) is 24.0 Å². The van der Waals surface area contributed by atoms with Crippen LogP contribution in [0.5, 0.6) is 0 Å². The van der Waals surface area contributed by atoms with Crippen molar-refractivity contribution in [2.75, 3.05) is 6.54 Å². The largest absolute Gasteiger partial charge is 0.481 e. The summed E-state index contributed by atoms with van der Waals surface area (Å²) in [6.45, 7) is 6.81. The highest BCUT2D eigenvalue weighted by atomic mass is 35.5. The van der Waals surface area contributed by atoms with Gasteiger partial charge in [0.25, 0.3) is 5.91 Å². The van der Waals surface area contributed by atoms with Gasteiger partial charge in [-0.15, -0.1) is 0 Å². The number of pyridine rings is 1. The molecule has 2 aromatic rings. The molecule has 4 rings (SSSR count). The van der Waals surface area contributed by atoms with Crippen LogP contribution in [0.25, 0.3) is 0 Å². The van der Waals surface area contributed by atoms with Crippen molar-refractivity contribution in [3.8, 4) is 0 Å². The van der Waals surface area contributed by atoms with Gasteiger partial charge in [-0.1, -0.05) is 32.4 Å². The zero-order valence-electron chi connectivity index (χ0n) is 23.0. The molecule has 8 nitrogen and oxygen atoms in total. The van der Waals surface area contributed by atoms with E-state index in [1.165, 1.54) is 17.3 Å². The van der Waals surface area contributed by atoms with Gasteiger partial charge in [0.2, 0.25) is 0 Å². The number of Topliss-reactive ketones (excluding diaryl/α,β-unsaturated/α-hetero) is 1. The third kappa shape index (κ3) is 5.49. The molecule has 0 aliphatic heterocycles. The lowest BCUT2D eigenvalue weighted by Gasteiger charge is -2.50. The number of halogens is 4. The molecule has 2 heterocycles. The first-order valence-electron chi connectivity index (χ1n) is 13.5. The number of nitrogens with zero attached hydrogens (tertiary/aromatic N) is 4. The number of alkyl halides is 3. The van der Waals surface area contributed by atoms with Gasteiger partial charge in [0.15, 0.2) is 11.5 Å². The maximum Gasteiger partial charge on any atom is 0.433 e. The SMILES string of the molecule is CCc1cncc(Cl)c1C(=O)CN(C(=O)c1cnn(C2CCC(C)(C(=O)O)CC2)c1C(F)(F)F)C1CCC1(C)C. The fraction of sp³-hybridized carbons (Fsp3) is 0.607. The summed E-state index contributed by atoms with van der Waals surface area (Å²) in [6, 6.07) is -1.16. The summed E-state index contributed by atoms with van der Waals surface area (Å²) in [4.78, 5) is 44.3. The van der Waals surface area contributed by atoms with E-state index in [0.717, 1.165) is 17.3 Å². The minimum atomic E-state index is -4.90. The zero-order chi connectivity index (χ0) is 29.6. The number of carbonyl (C=O) groups is 3. The standard InChI is InChI=1S/C28H34ClF3N4O4/c1-5-16-12-33-14-19(29)22(16)20(37)15-35(21-8-9-26(21,2)3)24(38)18-13-34-36(23(18)28(30,31)32)17-6-10-27(4,11-7-17)25(39)40/h12-14,17,21H,5-11,15H2,1-4H3,(H,39,40). The number of ketones is 1. The molecule has 2 saturated carbocycles. The number of aromatic nitrogens is 3. The van der Waals surface area contributed by atoms with E-state index < -0.39 is 64.6 Å². The van der Waals surface area contributed by atoms with Gasteiger partial charge in [-0.3, -0.25) is 24.0 Å².